The normalized spacial score (nSPS) is 26.3. The highest BCUT2D eigenvalue weighted by Crippen LogP contribution is 2.46. The Balaban J connectivity index is 1.21. The molecule has 14 nitrogen and oxygen atoms in total. The first-order valence-corrected chi connectivity index (χ1v) is 18.5. The Hall–Kier alpha value is -4.79. The van der Waals surface area contributed by atoms with Crippen molar-refractivity contribution in [2.45, 2.75) is 74.8 Å². The summed E-state index contributed by atoms with van der Waals surface area (Å²) >= 11 is 0. The largest absolute Gasteiger partial charge is 0.496 e. The number of allylic oxidation sites excluding steroid dienone is 1. The fourth-order valence-corrected chi connectivity index (χ4v) is 8.24. The molecular weight excluding hydrogens is 662 g/mol. The molecule has 15 heteroatoms. The van der Waals surface area contributed by atoms with E-state index in [0.29, 0.717) is 47.7 Å². The van der Waals surface area contributed by atoms with Gasteiger partial charge in [0.15, 0.2) is 5.82 Å². The third-order valence-electron chi connectivity index (χ3n) is 10.1. The molecule has 0 bridgehead atoms. The minimum absolute atomic E-state index is 0.0884. The van der Waals surface area contributed by atoms with Crippen LogP contribution >= 0.6 is 0 Å². The van der Waals surface area contributed by atoms with Gasteiger partial charge in [0, 0.05) is 49.5 Å². The smallest absolute Gasteiger partial charge is 0.320 e. The Morgan fingerprint density at radius 1 is 1.10 bits per heavy atom. The summed E-state index contributed by atoms with van der Waals surface area (Å²) in [7, 11) is -0.546. The molecular formula is C35H41N7O7S. The van der Waals surface area contributed by atoms with Gasteiger partial charge in [0.2, 0.25) is 21.8 Å². The molecule has 2 aliphatic carbocycles. The van der Waals surface area contributed by atoms with Crippen molar-refractivity contribution < 1.29 is 32.3 Å². The predicted molar refractivity (Wildman–Crippen MR) is 184 cm³/mol. The fourth-order valence-electron chi connectivity index (χ4n) is 6.88. The Bertz CT molecular complexity index is 1970. The topological polar surface area (TPSA) is 173 Å². The third-order valence-corrected chi connectivity index (χ3v) is 11.9. The number of aryl methyl sites for hydroxylation is 1. The lowest BCUT2D eigenvalue weighted by molar-refractivity contribution is -0.131. The standard InChI is InChI=1S/C35H41N7O7S/c1-21-28(48-3)12-11-26-29(21)37-30(22-13-15-36-16-14-22)38-32(26)49-24-18-27-31(43)39-35(33(44)40-50(46,47)25-9-10-25)19-23(35)8-6-4-5-7-17-41(2)34(45)42(27)20-24/h6,8,11-16,23-25,27H,4-5,7,9-10,17-20H2,1-3H3,(H,39,43)(H,40,44)/b8-6-/t23-,24-,27+,35-/m1/s1. The third kappa shape index (κ3) is 6.45. The van der Waals surface area contributed by atoms with Crippen molar-refractivity contribution >= 4 is 38.8 Å². The van der Waals surface area contributed by atoms with Crippen LogP contribution in [0.3, 0.4) is 0 Å². The fraction of sp³-hybridized carbons (Fsp3) is 0.486. The molecule has 3 aromatic rings. The number of nitrogens with one attached hydrogen (secondary N) is 2. The van der Waals surface area contributed by atoms with E-state index < -0.39 is 44.8 Å². The number of benzene rings is 1. The Morgan fingerprint density at radius 2 is 1.88 bits per heavy atom. The number of pyridine rings is 1. The molecule has 7 rings (SSSR count). The number of carbonyl (C=O) groups is 3. The molecule has 0 radical (unpaired) electrons. The van der Waals surface area contributed by atoms with Gasteiger partial charge in [-0.15, -0.1) is 0 Å². The molecule has 3 fully saturated rings. The van der Waals surface area contributed by atoms with Crippen LogP contribution in [0.1, 0.15) is 50.5 Å². The van der Waals surface area contributed by atoms with Gasteiger partial charge in [-0.25, -0.2) is 18.2 Å². The summed E-state index contributed by atoms with van der Waals surface area (Å²) in [6.45, 7) is 2.50. The molecule has 50 heavy (non-hydrogen) atoms. The van der Waals surface area contributed by atoms with Crippen molar-refractivity contribution in [3.8, 4) is 23.0 Å². The van der Waals surface area contributed by atoms with Crippen LogP contribution < -0.4 is 19.5 Å². The Labute approximate surface area is 290 Å². The van der Waals surface area contributed by atoms with Crippen LogP contribution in [0.15, 0.2) is 48.8 Å². The monoisotopic (exact) mass is 703 g/mol. The zero-order chi connectivity index (χ0) is 35.2. The van der Waals surface area contributed by atoms with E-state index in [9.17, 15) is 22.8 Å². The molecule has 4 atom stereocenters. The second kappa shape index (κ2) is 13.2. The van der Waals surface area contributed by atoms with Gasteiger partial charge >= 0.3 is 6.03 Å². The van der Waals surface area contributed by atoms with E-state index in [4.69, 9.17) is 19.4 Å². The molecule has 4 heterocycles. The van der Waals surface area contributed by atoms with Gasteiger partial charge in [-0.1, -0.05) is 12.2 Å². The van der Waals surface area contributed by atoms with E-state index in [1.54, 1.807) is 43.6 Å². The molecule has 4 aliphatic rings. The van der Waals surface area contributed by atoms with E-state index in [2.05, 4.69) is 15.0 Å². The van der Waals surface area contributed by atoms with Crippen LogP contribution in [0.25, 0.3) is 22.3 Å². The zero-order valence-corrected chi connectivity index (χ0v) is 29.1. The average molecular weight is 704 g/mol. The number of urea groups is 1. The molecule has 0 unspecified atom stereocenters. The number of amides is 4. The first kappa shape index (κ1) is 33.7. The van der Waals surface area contributed by atoms with E-state index >= 15 is 0 Å². The maximum absolute atomic E-state index is 14.2. The molecule has 2 aromatic heterocycles. The molecule has 4 amide bonds. The van der Waals surface area contributed by atoms with E-state index in [1.807, 2.05) is 31.2 Å². The first-order valence-electron chi connectivity index (χ1n) is 17.0. The predicted octanol–water partition coefficient (Wildman–Crippen LogP) is 3.11. The van der Waals surface area contributed by atoms with Crippen LogP contribution in [0.2, 0.25) is 0 Å². The number of hydrogen-bond donors (Lipinski definition) is 2. The van der Waals surface area contributed by atoms with Gasteiger partial charge in [0.25, 0.3) is 5.91 Å². The molecule has 264 valence electrons. The van der Waals surface area contributed by atoms with Gasteiger partial charge in [0.05, 0.1) is 29.8 Å². The van der Waals surface area contributed by atoms with Gasteiger partial charge < -0.3 is 24.6 Å². The molecule has 1 aromatic carbocycles. The molecule has 2 saturated carbocycles. The molecule has 1 saturated heterocycles. The second-order valence-electron chi connectivity index (χ2n) is 13.6. The zero-order valence-electron chi connectivity index (χ0n) is 28.3. The second-order valence-corrected chi connectivity index (χ2v) is 15.6. The molecule has 0 spiro atoms. The average Bonchev–Trinajstić information content (AvgIpc) is 4.03. The van der Waals surface area contributed by atoms with Crippen LogP contribution in [-0.2, 0) is 19.6 Å². The van der Waals surface area contributed by atoms with Crippen LogP contribution in [0.5, 0.6) is 11.6 Å². The van der Waals surface area contributed by atoms with Crippen LogP contribution in [0, 0.1) is 12.8 Å². The van der Waals surface area contributed by atoms with Crippen molar-refractivity contribution in [3.05, 3.63) is 54.4 Å². The number of hydrogen-bond acceptors (Lipinski definition) is 10. The maximum atomic E-state index is 14.2. The summed E-state index contributed by atoms with van der Waals surface area (Å²) in [5.74, 6) is -0.307. The maximum Gasteiger partial charge on any atom is 0.320 e. The summed E-state index contributed by atoms with van der Waals surface area (Å²) in [6, 6.07) is 5.91. The number of carbonyl (C=O) groups excluding carboxylic acids is 3. The van der Waals surface area contributed by atoms with Crippen molar-refractivity contribution in [1.82, 2.24) is 34.8 Å². The summed E-state index contributed by atoms with van der Waals surface area (Å²) in [5, 5.41) is 2.94. The molecule has 2 aliphatic heterocycles. The minimum Gasteiger partial charge on any atom is -0.496 e. The van der Waals surface area contributed by atoms with Crippen molar-refractivity contribution in [2.75, 3.05) is 27.2 Å². The van der Waals surface area contributed by atoms with Crippen LogP contribution in [-0.4, -0.2) is 101 Å². The lowest BCUT2D eigenvalue weighted by Gasteiger charge is -2.30. The number of rotatable bonds is 7. The number of aromatic nitrogens is 3. The molecule has 2 N–H and O–H groups in total. The van der Waals surface area contributed by atoms with Crippen LogP contribution in [0.4, 0.5) is 4.79 Å². The summed E-state index contributed by atoms with van der Waals surface area (Å²) in [5.41, 5.74) is 0.729. The number of nitrogens with zero attached hydrogens (tertiary/aromatic N) is 5. The number of methoxy groups -OCH3 is 1. The van der Waals surface area contributed by atoms with Crippen molar-refractivity contribution in [2.24, 2.45) is 5.92 Å². The number of ether oxygens (including phenoxy) is 2. The quantitative estimate of drug-likeness (QED) is 0.348. The number of fused-ring (bicyclic) bond motifs is 3. The van der Waals surface area contributed by atoms with E-state index in [1.165, 1.54) is 4.90 Å². The summed E-state index contributed by atoms with van der Waals surface area (Å²) < 4.78 is 39.8. The Morgan fingerprint density at radius 3 is 2.62 bits per heavy atom. The van der Waals surface area contributed by atoms with E-state index in [0.717, 1.165) is 30.4 Å². The first-order chi connectivity index (χ1) is 24.0. The highest BCUT2D eigenvalue weighted by atomic mass is 32.2. The van der Waals surface area contributed by atoms with Gasteiger partial charge in [-0.3, -0.25) is 19.3 Å². The highest BCUT2D eigenvalue weighted by Gasteiger charge is 2.62. The van der Waals surface area contributed by atoms with E-state index in [-0.39, 0.29) is 31.3 Å². The number of sulfonamides is 1. The Kier molecular flexibility index (Phi) is 8.87. The van der Waals surface area contributed by atoms with Gasteiger partial charge in [-0.2, -0.15) is 4.98 Å². The van der Waals surface area contributed by atoms with Crippen molar-refractivity contribution in [3.63, 3.8) is 0 Å². The summed E-state index contributed by atoms with van der Waals surface area (Å²) in [6.07, 6.45) is 10.2. The lowest BCUT2D eigenvalue weighted by atomic mass is 10.1. The highest BCUT2D eigenvalue weighted by molar-refractivity contribution is 7.91. The minimum atomic E-state index is -3.84. The summed E-state index contributed by atoms with van der Waals surface area (Å²) in [4.78, 5) is 58.4. The van der Waals surface area contributed by atoms with Gasteiger partial charge in [0.1, 0.15) is 23.4 Å². The van der Waals surface area contributed by atoms with Gasteiger partial charge in [-0.05, 0) is 69.7 Å². The lowest BCUT2D eigenvalue weighted by Crippen LogP contribution is -2.57. The van der Waals surface area contributed by atoms with Crippen molar-refractivity contribution in [1.29, 1.82) is 0 Å². The SMILES string of the molecule is COc1ccc2c(O[C@@H]3C[C@H]4C(=O)N[C@]5(C(=O)NS(=O)(=O)C6CC6)C[C@H]5/C=C\CCCCN(C)C(=O)N4C3)nc(-c3ccncc3)nc2c1C.